The van der Waals surface area contributed by atoms with Crippen LogP contribution >= 0.6 is 27.5 Å². The zero-order chi connectivity index (χ0) is 14.0. The summed E-state index contributed by atoms with van der Waals surface area (Å²) in [6, 6.07) is -0.420. The van der Waals surface area contributed by atoms with E-state index in [9.17, 15) is 4.79 Å². The van der Waals surface area contributed by atoms with Gasteiger partial charge in [-0.3, -0.25) is 4.79 Å². The molecular formula is C11H13BrClN5O. The Balaban J connectivity index is 2.32. The minimum atomic E-state index is -0.420. The summed E-state index contributed by atoms with van der Waals surface area (Å²) >= 11 is 9.25. The fraction of sp³-hybridized carbons (Fsp3) is 0.364. The van der Waals surface area contributed by atoms with Crippen molar-refractivity contribution in [2.24, 2.45) is 0 Å². The van der Waals surface area contributed by atoms with E-state index in [1.54, 1.807) is 13.1 Å². The summed E-state index contributed by atoms with van der Waals surface area (Å²) in [6.45, 7) is 4.20. The number of nitrogens with one attached hydrogen (secondary N) is 3. The number of fused-ring (bicyclic) bond motifs is 1. The summed E-state index contributed by atoms with van der Waals surface area (Å²) in [5, 5.41) is 5.88. The van der Waals surface area contributed by atoms with Gasteiger partial charge in [-0.15, -0.1) is 0 Å². The van der Waals surface area contributed by atoms with Gasteiger partial charge in [0.05, 0.1) is 4.47 Å². The molecule has 19 heavy (non-hydrogen) atoms. The lowest BCUT2D eigenvalue weighted by atomic mass is 10.3. The first kappa shape index (κ1) is 14.1. The SMILES string of the molecule is CCNC(=O)[C@H](C)Nc1nc(Cl)nc2c(Br)c[nH]c12. The van der Waals surface area contributed by atoms with E-state index in [2.05, 4.69) is 41.5 Å². The molecule has 2 rings (SSSR count). The molecule has 0 unspecified atom stereocenters. The van der Waals surface area contributed by atoms with Gasteiger partial charge in [-0.25, -0.2) is 4.98 Å². The molecule has 102 valence electrons. The standard InChI is InChI=1S/C11H13BrClN5O/c1-3-14-10(19)5(2)16-9-8-7(6(12)4-15-8)17-11(13)18-9/h4-5,15H,3H2,1-2H3,(H,14,19)(H,16,17,18)/t5-/m0/s1. The highest BCUT2D eigenvalue weighted by Crippen LogP contribution is 2.27. The third-order valence-electron chi connectivity index (χ3n) is 2.55. The van der Waals surface area contributed by atoms with Crippen LogP contribution in [0.4, 0.5) is 5.82 Å². The van der Waals surface area contributed by atoms with E-state index < -0.39 is 6.04 Å². The van der Waals surface area contributed by atoms with Gasteiger partial charge in [0.25, 0.3) is 0 Å². The Morgan fingerprint density at radius 1 is 1.58 bits per heavy atom. The van der Waals surface area contributed by atoms with Crippen LogP contribution in [-0.4, -0.2) is 33.4 Å². The first-order valence-electron chi connectivity index (χ1n) is 5.77. The second kappa shape index (κ2) is 5.75. The van der Waals surface area contributed by atoms with Crippen LogP contribution in [0, 0.1) is 0 Å². The zero-order valence-corrected chi connectivity index (χ0v) is 12.8. The van der Waals surface area contributed by atoms with Gasteiger partial charge in [0.2, 0.25) is 11.2 Å². The average molecular weight is 347 g/mol. The molecule has 0 aliphatic carbocycles. The first-order valence-corrected chi connectivity index (χ1v) is 6.94. The Morgan fingerprint density at radius 3 is 3.00 bits per heavy atom. The minimum absolute atomic E-state index is 0.101. The molecule has 0 radical (unpaired) electrons. The molecule has 6 nitrogen and oxygen atoms in total. The van der Waals surface area contributed by atoms with Crippen LogP contribution in [-0.2, 0) is 4.79 Å². The molecule has 0 aromatic carbocycles. The van der Waals surface area contributed by atoms with Crippen molar-refractivity contribution >= 4 is 50.3 Å². The van der Waals surface area contributed by atoms with E-state index >= 15 is 0 Å². The third kappa shape index (κ3) is 2.98. The maximum Gasteiger partial charge on any atom is 0.242 e. The number of anilines is 1. The van der Waals surface area contributed by atoms with E-state index in [1.165, 1.54) is 0 Å². The maximum atomic E-state index is 11.7. The molecule has 1 amide bonds. The van der Waals surface area contributed by atoms with Gasteiger partial charge in [0.1, 0.15) is 17.1 Å². The van der Waals surface area contributed by atoms with Crippen molar-refractivity contribution in [2.45, 2.75) is 19.9 Å². The molecule has 0 bridgehead atoms. The van der Waals surface area contributed by atoms with Gasteiger partial charge in [0, 0.05) is 12.7 Å². The lowest BCUT2D eigenvalue weighted by molar-refractivity contribution is -0.121. The Kier molecular flexibility index (Phi) is 4.26. The predicted octanol–water partition coefficient (Wildman–Crippen LogP) is 2.31. The molecule has 0 saturated carbocycles. The Bertz CT molecular complexity index is 614. The molecule has 0 saturated heterocycles. The number of likely N-dealkylation sites (N-methyl/N-ethyl adjacent to an activating group) is 1. The number of H-pyrrole nitrogens is 1. The van der Waals surface area contributed by atoms with Crippen molar-refractivity contribution in [3.8, 4) is 0 Å². The van der Waals surface area contributed by atoms with Gasteiger partial charge < -0.3 is 15.6 Å². The fourth-order valence-electron chi connectivity index (χ4n) is 1.65. The predicted molar refractivity (Wildman–Crippen MR) is 78.4 cm³/mol. The second-order valence-electron chi connectivity index (χ2n) is 3.96. The van der Waals surface area contributed by atoms with Crippen molar-refractivity contribution in [2.75, 3.05) is 11.9 Å². The van der Waals surface area contributed by atoms with Gasteiger partial charge in [-0.05, 0) is 41.4 Å². The Labute approximate surface area is 123 Å². The van der Waals surface area contributed by atoms with Crippen LogP contribution in [0.1, 0.15) is 13.8 Å². The molecule has 1 atom stereocenters. The lowest BCUT2D eigenvalue weighted by Crippen LogP contribution is -2.37. The van der Waals surface area contributed by atoms with Crippen LogP contribution in [0.5, 0.6) is 0 Å². The van der Waals surface area contributed by atoms with Gasteiger partial charge in [-0.1, -0.05) is 0 Å². The van der Waals surface area contributed by atoms with Crippen LogP contribution < -0.4 is 10.6 Å². The van der Waals surface area contributed by atoms with Crippen molar-refractivity contribution in [3.05, 3.63) is 16.0 Å². The number of aromatic amines is 1. The number of amides is 1. The second-order valence-corrected chi connectivity index (χ2v) is 5.15. The highest BCUT2D eigenvalue weighted by Gasteiger charge is 2.16. The molecule has 0 fully saturated rings. The molecule has 2 aromatic rings. The maximum absolute atomic E-state index is 11.7. The molecule has 8 heteroatoms. The zero-order valence-electron chi connectivity index (χ0n) is 10.4. The largest absolute Gasteiger partial charge is 0.357 e. The first-order chi connectivity index (χ1) is 9.02. The average Bonchev–Trinajstić information content (AvgIpc) is 2.71. The molecule has 3 N–H and O–H groups in total. The number of carbonyl (C=O) groups excluding carboxylic acids is 1. The summed E-state index contributed by atoms with van der Waals surface area (Å²) in [5.74, 6) is 0.399. The molecule has 2 heterocycles. The molecular weight excluding hydrogens is 334 g/mol. The Morgan fingerprint density at radius 2 is 2.32 bits per heavy atom. The van der Waals surface area contributed by atoms with Crippen molar-refractivity contribution in [1.82, 2.24) is 20.3 Å². The van der Waals surface area contributed by atoms with Gasteiger partial charge >= 0.3 is 0 Å². The smallest absolute Gasteiger partial charge is 0.242 e. The summed E-state index contributed by atoms with van der Waals surface area (Å²) in [7, 11) is 0. The summed E-state index contributed by atoms with van der Waals surface area (Å²) in [6.07, 6.45) is 1.75. The quantitative estimate of drug-likeness (QED) is 0.742. The van der Waals surface area contributed by atoms with E-state index in [0.717, 1.165) is 4.47 Å². The molecule has 0 spiro atoms. The van der Waals surface area contributed by atoms with E-state index in [0.29, 0.717) is 23.4 Å². The third-order valence-corrected chi connectivity index (χ3v) is 3.32. The topological polar surface area (TPSA) is 82.7 Å². The number of rotatable bonds is 4. The summed E-state index contributed by atoms with van der Waals surface area (Å²) in [5.41, 5.74) is 1.37. The highest BCUT2D eigenvalue weighted by atomic mass is 79.9. The van der Waals surface area contributed by atoms with E-state index in [1.807, 2.05) is 6.92 Å². The van der Waals surface area contributed by atoms with E-state index in [-0.39, 0.29) is 11.2 Å². The number of hydrogen-bond acceptors (Lipinski definition) is 4. The molecule has 2 aromatic heterocycles. The van der Waals surface area contributed by atoms with Crippen LogP contribution in [0.2, 0.25) is 5.28 Å². The summed E-state index contributed by atoms with van der Waals surface area (Å²) < 4.78 is 0.792. The highest BCUT2D eigenvalue weighted by molar-refractivity contribution is 9.10. The normalized spacial score (nSPS) is 12.4. The van der Waals surface area contributed by atoms with Crippen molar-refractivity contribution < 1.29 is 4.79 Å². The number of carbonyl (C=O) groups is 1. The molecule has 0 aliphatic heterocycles. The van der Waals surface area contributed by atoms with Gasteiger partial charge in [-0.2, -0.15) is 4.98 Å². The van der Waals surface area contributed by atoms with E-state index in [4.69, 9.17) is 11.6 Å². The molecule has 0 aliphatic rings. The van der Waals surface area contributed by atoms with Crippen LogP contribution in [0.15, 0.2) is 10.7 Å². The van der Waals surface area contributed by atoms with Gasteiger partial charge in [0.15, 0.2) is 5.82 Å². The number of nitrogens with zero attached hydrogens (tertiary/aromatic N) is 2. The lowest BCUT2D eigenvalue weighted by Gasteiger charge is -2.14. The fourth-order valence-corrected chi connectivity index (χ4v) is 2.22. The number of halogens is 2. The van der Waals surface area contributed by atoms with Crippen molar-refractivity contribution in [3.63, 3.8) is 0 Å². The monoisotopic (exact) mass is 345 g/mol. The Hall–Kier alpha value is -1.34. The summed E-state index contributed by atoms with van der Waals surface area (Å²) in [4.78, 5) is 23.0. The minimum Gasteiger partial charge on any atom is -0.357 e. The number of hydrogen-bond donors (Lipinski definition) is 3. The number of aromatic nitrogens is 3. The van der Waals surface area contributed by atoms with Crippen LogP contribution in [0.25, 0.3) is 11.0 Å². The van der Waals surface area contributed by atoms with Crippen LogP contribution in [0.3, 0.4) is 0 Å². The van der Waals surface area contributed by atoms with Crippen molar-refractivity contribution in [1.29, 1.82) is 0 Å².